The number of carbonyl (C=O) groups is 2. The van der Waals surface area contributed by atoms with E-state index in [1.165, 1.54) is 0 Å². The van der Waals surface area contributed by atoms with Gasteiger partial charge in [0.1, 0.15) is 12.6 Å². The number of nitrogens with zero attached hydrogens (tertiary/aromatic N) is 1. The number of likely N-dealkylation sites (tertiary alicyclic amines) is 1. The number of hydrogen-bond donors (Lipinski definition) is 1. The molecule has 1 saturated heterocycles. The number of nitrogens with one attached hydrogen (secondary N) is 1. The van der Waals surface area contributed by atoms with Gasteiger partial charge in [0.25, 0.3) is 0 Å². The normalized spacial score (nSPS) is 28.4. The van der Waals surface area contributed by atoms with E-state index in [1.807, 2.05) is 34.6 Å². The van der Waals surface area contributed by atoms with Crippen LogP contribution in [-0.4, -0.2) is 41.2 Å². The summed E-state index contributed by atoms with van der Waals surface area (Å²) in [4.78, 5) is 23.1. The maximum Gasteiger partial charge on any atom is 0.316 e. The summed E-state index contributed by atoms with van der Waals surface area (Å²) in [6.45, 7) is 11.1. The predicted molar refractivity (Wildman–Crippen MR) is 66.5 cm³/mol. The van der Waals surface area contributed by atoms with Gasteiger partial charge >= 0.3 is 5.91 Å². The van der Waals surface area contributed by atoms with Crippen molar-refractivity contribution in [2.45, 2.75) is 52.6 Å². The Balaban J connectivity index is 2.97. The van der Waals surface area contributed by atoms with E-state index >= 15 is 0 Å². The standard InChI is InChI=1S/C13H24N2O3/c1-9(2)11(16)15(13(3,4)5)7-6-10(8-15)14-12(17)18/h9-10,14H,6-8H2,1-5H3/t10-,15?/m1/s1. The van der Waals surface area contributed by atoms with Gasteiger partial charge < -0.3 is 15.2 Å². The second-order valence-electron chi connectivity index (χ2n) is 6.46. The van der Waals surface area contributed by atoms with E-state index in [2.05, 4.69) is 5.32 Å². The van der Waals surface area contributed by atoms with E-state index in [0.29, 0.717) is 24.0 Å². The largest absolute Gasteiger partial charge is 0.530 e. The third-order valence-electron chi connectivity index (χ3n) is 3.91. The molecular weight excluding hydrogens is 232 g/mol. The predicted octanol–water partition coefficient (Wildman–Crippen LogP) is 0.490. The van der Waals surface area contributed by atoms with Crippen LogP contribution in [0, 0.1) is 5.92 Å². The lowest BCUT2D eigenvalue weighted by atomic mass is 9.98. The first kappa shape index (κ1) is 15.0. The highest BCUT2D eigenvalue weighted by Crippen LogP contribution is 2.33. The van der Waals surface area contributed by atoms with Crippen molar-refractivity contribution in [3.8, 4) is 0 Å². The molecule has 104 valence electrons. The Labute approximate surface area is 109 Å². The third kappa shape index (κ3) is 2.66. The Bertz CT molecular complexity index is 347. The SMILES string of the molecule is CC(C)C(=O)[N+]1(C(C)(C)C)CC[C@@H](NC(=O)[O-])C1. The van der Waals surface area contributed by atoms with Crippen LogP contribution in [0.4, 0.5) is 4.79 Å². The minimum Gasteiger partial charge on any atom is -0.530 e. The Morgan fingerprint density at radius 1 is 1.33 bits per heavy atom. The Morgan fingerprint density at radius 3 is 2.28 bits per heavy atom. The van der Waals surface area contributed by atoms with Gasteiger partial charge in [0.2, 0.25) is 0 Å². The average molecular weight is 256 g/mol. The highest BCUT2D eigenvalue weighted by atomic mass is 16.4. The zero-order valence-corrected chi connectivity index (χ0v) is 11.9. The van der Waals surface area contributed by atoms with Gasteiger partial charge in [-0.25, -0.2) is 4.79 Å². The van der Waals surface area contributed by atoms with Gasteiger partial charge in [-0.3, -0.25) is 4.48 Å². The van der Waals surface area contributed by atoms with Crippen molar-refractivity contribution >= 4 is 12.0 Å². The molecule has 18 heavy (non-hydrogen) atoms. The van der Waals surface area contributed by atoms with Crippen LogP contribution >= 0.6 is 0 Å². The molecule has 1 fully saturated rings. The van der Waals surface area contributed by atoms with E-state index in [4.69, 9.17) is 0 Å². The lowest BCUT2D eigenvalue weighted by Crippen LogP contribution is -2.64. The topological polar surface area (TPSA) is 69.2 Å². The molecule has 5 heteroatoms. The lowest BCUT2D eigenvalue weighted by Gasteiger charge is -2.44. The van der Waals surface area contributed by atoms with Gasteiger partial charge in [-0.2, -0.15) is 0 Å². The summed E-state index contributed by atoms with van der Waals surface area (Å²) < 4.78 is 0.343. The molecule has 0 aromatic rings. The minimum atomic E-state index is -1.26. The first-order valence-corrected chi connectivity index (χ1v) is 6.49. The van der Waals surface area contributed by atoms with Crippen molar-refractivity contribution in [2.75, 3.05) is 13.1 Å². The summed E-state index contributed by atoms with van der Waals surface area (Å²) >= 11 is 0. The summed E-state index contributed by atoms with van der Waals surface area (Å²) in [5.41, 5.74) is -0.219. The first-order valence-electron chi connectivity index (χ1n) is 6.49. The van der Waals surface area contributed by atoms with Crippen molar-refractivity contribution in [2.24, 2.45) is 5.92 Å². The number of quaternary nitrogens is 1. The highest BCUT2D eigenvalue weighted by Gasteiger charge is 2.52. The molecule has 0 saturated carbocycles. The van der Waals surface area contributed by atoms with E-state index in [9.17, 15) is 14.7 Å². The summed E-state index contributed by atoms with van der Waals surface area (Å²) in [5.74, 6) is 0.135. The van der Waals surface area contributed by atoms with Crippen molar-refractivity contribution < 1.29 is 19.2 Å². The molecule has 0 spiro atoms. The third-order valence-corrected chi connectivity index (χ3v) is 3.91. The zero-order valence-electron chi connectivity index (χ0n) is 11.9. The number of rotatable bonds is 2. The molecule has 0 aromatic heterocycles. The van der Waals surface area contributed by atoms with Gasteiger partial charge in [0.15, 0.2) is 0 Å². The van der Waals surface area contributed by atoms with Crippen LogP contribution in [0.3, 0.4) is 0 Å². The number of amides is 2. The van der Waals surface area contributed by atoms with Crippen LogP contribution in [-0.2, 0) is 4.79 Å². The number of carbonyl (C=O) groups excluding carboxylic acids is 2. The molecule has 1 N–H and O–H groups in total. The number of hydrogen-bond acceptors (Lipinski definition) is 3. The molecule has 1 unspecified atom stereocenters. The fraction of sp³-hybridized carbons (Fsp3) is 0.846. The number of carboxylic acid groups (broad SMARTS) is 1. The van der Waals surface area contributed by atoms with Crippen LogP contribution in [0.2, 0.25) is 0 Å². The Kier molecular flexibility index (Phi) is 4.05. The molecule has 2 atom stereocenters. The van der Waals surface area contributed by atoms with Crippen LogP contribution in [0.1, 0.15) is 41.0 Å². The molecule has 0 bridgehead atoms. The maximum atomic E-state index is 12.5. The van der Waals surface area contributed by atoms with Gasteiger partial charge in [0.05, 0.1) is 24.0 Å². The van der Waals surface area contributed by atoms with E-state index in [-0.39, 0.29) is 23.4 Å². The molecule has 1 aliphatic rings. The van der Waals surface area contributed by atoms with E-state index in [0.717, 1.165) is 0 Å². The van der Waals surface area contributed by atoms with Crippen molar-refractivity contribution in [1.82, 2.24) is 5.32 Å². The molecule has 0 radical (unpaired) electrons. The van der Waals surface area contributed by atoms with Gasteiger partial charge in [0, 0.05) is 6.42 Å². The summed E-state index contributed by atoms with van der Waals surface area (Å²) in [5, 5.41) is 13.0. The molecular formula is C13H24N2O3. The van der Waals surface area contributed by atoms with E-state index < -0.39 is 6.09 Å². The smallest absolute Gasteiger partial charge is 0.316 e. The van der Waals surface area contributed by atoms with Gasteiger partial charge in [-0.15, -0.1) is 0 Å². The fourth-order valence-electron chi connectivity index (χ4n) is 2.85. The average Bonchev–Trinajstić information content (AvgIpc) is 2.59. The van der Waals surface area contributed by atoms with Crippen molar-refractivity contribution in [3.63, 3.8) is 0 Å². The molecule has 1 rings (SSSR count). The molecule has 0 aliphatic carbocycles. The van der Waals surface area contributed by atoms with Crippen molar-refractivity contribution in [1.29, 1.82) is 0 Å². The quantitative estimate of drug-likeness (QED) is 0.731. The summed E-state index contributed by atoms with van der Waals surface area (Å²) in [6.07, 6.45) is -0.574. The molecule has 2 amide bonds. The molecule has 0 aromatic carbocycles. The maximum absolute atomic E-state index is 12.5. The molecule has 5 nitrogen and oxygen atoms in total. The summed E-state index contributed by atoms with van der Waals surface area (Å²) in [6, 6.07) is -0.183. The molecule has 1 heterocycles. The Hall–Kier alpha value is -1.10. The zero-order chi connectivity index (χ0) is 14.1. The first-order chi connectivity index (χ1) is 8.10. The summed E-state index contributed by atoms with van der Waals surface area (Å²) in [7, 11) is 0. The lowest BCUT2D eigenvalue weighted by molar-refractivity contribution is -0.891. The minimum absolute atomic E-state index is 0.0501. The molecule has 1 aliphatic heterocycles. The van der Waals surface area contributed by atoms with E-state index in [1.54, 1.807) is 0 Å². The second kappa shape index (κ2) is 4.88. The van der Waals surface area contributed by atoms with Crippen LogP contribution in [0.5, 0.6) is 0 Å². The van der Waals surface area contributed by atoms with Crippen LogP contribution < -0.4 is 10.4 Å². The van der Waals surface area contributed by atoms with Crippen molar-refractivity contribution in [3.05, 3.63) is 0 Å². The van der Waals surface area contributed by atoms with Crippen LogP contribution in [0.15, 0.2) is 0 Å². The van der Waals surface area contributed by atoms with Crippen LogP contribution in [0.25, 0.3) is 0 Å². The highest BCUT2D eigenvalue weighted by molar-refractivity contribution is 5.72. The monoisotopic (exact) mass is 256 g/mol. The Morgan fingerprint density at radius 2 is 1.89 bits per heavy atom. The fourth-order valence-corrected chi connectivity index (χ4v) is 2.85. The van der Waals surface area contributed by atoms with Gasteiger partial charge in [-0.05, 0) is 34.6 Å². The second-order valence-corrected chi connectivity index (χ2v) is 6.46. The van der Waals surface area contributed by atoms with Gasteiger partial charge in [-0.1, -0.05) is 0 Å².